The number of carbonyl (C=O) groups excluding carboxylic acids is 1. The van der Waals surface area contributed by atoms with Gasteiger partial charge < -0.3 is 20.5 Å². The largest absolute Gasteiger partial charge is 0.495 e. The van der Waals surface area contributed by atoms with Crippen molar-refractivity contribution < 1.29 is 14.6 Å². The Balaban J connectivity index is 2.60. The molecule has 0 heterocycles. The Bertz CT molecular complexity index is 490. The van der Waals surface area contributed by atoms with Crippen LogP contribution in [0.3, 0.4) is 0 Å². The quantitative estimate of drug-likeness (QED) is 0.754. The lowest BCUT2D eigenvalue weighted by Crippen LogP contribution is -2.38. The normalized spacial score (nSPS) is 12.7. The van der Waals surface area contributed by atoms with E-state index in [9.17, 15) is 9.90 Å². The molecule has 2 amide bonds. The van der Waals surface area contributed by atoms with E-state index in [0.717, 1.165) is 0 Å². The second kappa shape index (κ2) is 7.52. The van der Waals surface area contributed by atoms with Gasteiger partial charge in [0.15, 0.2) is 0 Å². The lowest BCUT2D eigenvalue weighted by atomic mass is 9.87. The van der Waals surface area contributed by atoms with Gasteiger partial charge in [-0.15, -0.1) is 0 Å². The van der Waals surface area contributed by atoms with Crippen molar-refractivity contribution in [3.05, 3.63) is 23.2 Å². The van der Waals surface area contributed by atoms with Gasteiger partial charge in [0.25, 0.3) is 0 Å². The number of ether oxygens (including phenoxy) is 1. The van der Waals surface area contributed by atoms with Gasteiger partial charge in [0.05, 0.1) is 18.9 Å². The minimum atomic E-state index is -0.405. The highest BCUT2D eigenvalue weighted by atomic mass is 35.5. The Morgan fingerprint density at radius 1 is 1.48 bits per heavy atom. The van der Waals surface area contributed by atoms with Crippen molar-refractivity contribution in [1.82, 2.24) is 5.32 Å². The van der Waals surface area contributed by atoms with Crippen LogP contribution in [0, 0.1) is 5.41 Å². The van der Waals surface area contributed by atoms with E-state index in [4.69, 9.17) is 16.3 Å². The van der Waals surface area contributed by atoms with Crippen LogP contribution in [0.4, 0.5) is 10.5 Å². The van der Waals surface area contributed by atoms with Crippen molar-refractivity contribution in [1.29, 1.82) is 0 Å². The van der Waals surface area contributed by atoms with Gasteiger partial charge in [0.2, 0.25) is 0 Å². The number of amides is 2. The molecule has 21 heavy (non-hydrogen) atoms. The molecule has 0 aliphatic carbocycles. The number of anilines is 1. The van der Waals surface area contributed by atoms with Crippen LogP contribution in [-0.2, 0) is 0 Å². The van der Waals surface area contributed by atoms with Crippen LogP contribution in [0.5, 0.6) is 5.75 Å². The van der Waals surface area contributed by atoms with Crippen LogP contribution < -0.4 is 15.4 Å². The van der Waals surface area contributed by atoms with E-state index in [2.05, 4.69) is 10.6 Å². The van der Waals surface area contributed by atoms with Crippen molar-refractivity contribution in [2.24, 2.45) is 5.41 Å². The lowest BCUT2D eigenvalue weighted by molar-refractivity contribution is 0.129. The second-order valence-electron chi connectivity index (χ2n) is 5.87. The highest BCUT2D eigenvalue weighted by Gasteiger charge is 2.21. The maximum atomic E-state index is 11.9. The van der Waals surface area contributed by atoms with Gasteiger partial charge in [0, 0.05) is 11.6 Å². The minimum absolute atomic E-state index is 0.191. The summed E-state index contributed by atoms with van der Waals surface area (Å²) in [4.78, 5) is 11.9. The SMILES string of the molecule is COc1ccc(Cl)cc1NC(=O)NCC(C)(C)CC(C)O. The molecule has 5 nitrogen and oxygen atoms in total. The van der Waals surface area contributed by atoms with Gasteiger partial charge in [-0.05, 0) is 37.0 Å². The Morgan fingerprint density at radius 3 is 2.71 bits per heavy atom. The van der Waals surface area contributed by atoms with Gasteiger partial charge in [-0.25, -0.2) is 4.79 Å². The lowest BCUT2D eigenvalue weighted by Gasteiger charge is -2.26. The van der Waals surface area contributed by atoms with Crippen LogP contribution in [0.1, 0.15) is 27.2 Å². The molecule has 118 valence electrons. The summed E-state index contributed by atoms with van der Waals surface area (Å²) in [6, 6.07) is 4.67. The van der Waals surface area contributed by atoms with Gasteiger partial charge in [-0.2, -0.15) is 0 Å². The fourth-order valence-corrected chi connectivity index (χ4v) is 2.31. The second-order valence-corrected chi connectivity index (χ2v) is 6.31. The number of halogens is 1. The first-order chi connectivity index (χ1) is 9.73. The molecule has 1 aromatic carbocycles. The molecule has 0 radical (unpaired) electrons. The number of nitrogens with one attached hydrogen (secondary N) is 2. The van der Waals surface area contributed by atoms with Gasteiger partial charge >= 0.3 is 6.03 Å². The fourth-order valence-electron chi connectivity index (χ4n) is 2.14. The molecule has 0 aliphatic rings. The molecule has 6 heteroatoms. The third-order valence-electron chi connectivity index (χ3n) is 2.99. The summed E-state index contributed by atoms with van der Waals surface area (Å²) in [5.74, 6) is 0.540. The first kappa shape index (κ1) is 17.6. The number of aliphatic hydroxyl groups is 1. The van der Waals surface area contributed by atoms with E-state index in [1.165, 1.54) is 7.11 Å². The van der Waals surface area contributed by atoms with Crippen molar-refractivity contribution in [2.45, 2.75) is 33.3 Å². The summed E-state index contributed by atoms with van der Waals surface area (Å²) in [5, 5.41) is 15.4. The summed E-state index contributed by atoms with van der Waals surface area (Å²) < 4.78 is 5.17. The summed E-state index contributed by atoms with van der Waals surface area (Å²) in [6.07, 6.45) is 0.200. The monoisotopic (exact) mass is 314 g/mol. The number of hydrogen-bond donors (Lipinski definition) is 3. The predicted molar refractivity (Wildman–Crippen MR) is 85.1 cm³/mol. The maximum absolute atomic E-state index is 11.9. The molecule has 0 saturated carbocycles. The Kier molecular flexibility index (Phi) is 6.30. The molecule has 3 N–H and O–H groups in total. The number of aliphatic hydroxyl groups excluding tert-OH is 1. The van der Waals surface area contributed by atoms with Crippen molar-refractivity contribution in [2.75, 3.05) is 19.0 Å². The van der Waals surface area contributed by atoms with E-state index in [0.29, 0.717) is 29.4 Å². The number of rotatable bonds is 6. The van der Waals surface area contributed by atoms with Gasteiger partial charge in [0.1, 0.15) is 5.75 Å². The first-order valence-corrected chi connectivity index (χ1v) is 7.18. The Morgan fingerprint density at radius 2 is 2.14 bits per heavy atom. The fraction of sp³-hybridized carbons (Fsp3) is 0.533. The maximum Gasteiger partial charge on any atom is 0.319 e. The van der Waals surface area contributed by atoms with Crippen molar-refractivity contribution in [3.8, 4) is 5.75 Å². The van der Waals surface area contributed by atoms with Crippen LogP contribution in [-0.4, -0.2) is 30.9 Å². The molecule has 1 rings (SSSR count). The zero-order chi connectivity index (χ0) is 16.0. The number of carbonyl (C=O) groups is 1. The van der Waals surface area contributed by atoms with Crippen molar-refractivity contribution in [3.63, 3.8) is 0 Å². The standard InChI is InChI=1S/C15H23ClN2O3/c1-10(19)8-15(2,3)9-17-14(20)18-12-7-11(16)5-6-13(12)21-4/h5-7,10,19H,8-9H2,1-4H3,(H2,17,18,20). The molecule has 0 bridgehead atoms. The van der Waals surface area contributed by atoms with Crippen molar-refractivity contribution >= 4 is 23.3 Å². The summed E-state index contributed by atoms with van der Waals surface area (Å²) in [7, 11) is 1.53. The zero-order valence-electron chi connectivity index (χ0n) is 12.9. The average Bonchev–Trinajstić information content (AvgIpc) is 2.35. The van der Waals surface area contributed by atoms with E-state index >= 15 is 0 Å². The van der Waals surface area contributed by atoms with Crippen LogP contribution in [0.25, 0.3) is 0 Å². The molecule has 0 spiro atoms. The minimum Gasteiger partial charge on any atom is -0.495 e. The van der Waals surface area contributed by atoms with Gasteiger partial charge in [-0.3, -0.25) is 0 Å². The molecular formula is C15H23ClN2O3. The first-order valence-electron chi connectivity index (χ1n) is 6.80. The highest BCUT2D eigenvalue weighted by Crippen LogP contribution is 2.27. The van der Waals surface area contributed by atoms with E-state index < -0.39 is 6.10 Å². The topological polar surface area (TPSA) is 70.6 Å². The van der Waals surface area contributed by atoms with E-state index in [1.807, 2.05) is 13.8 Å². The van der Waals surface area contributed by atoms with Gasteiger partial charge in [-0.1, -0.05) is 25.4 Å². The molecule has 0 fully saturated rings. The Hall–Kier alpha value is -1.46. The summed E-state index contributed by atoms with van der Waals surface area (Å²) in [5.41, 5.74) is 0.319. The van der Waals surface area contributed by atoms with Crippen LogP contribution in [0.2, 0.25) is 5.02 Å². The molecular weight excluding hydrogens is 292 g/mol. The summed E-state index contributed by atoms with van der Waals surface area (Å²) in [6.45, 7) is 6.16. The molecule has 1 unspecified atom stereocenters. The number of hydrogen-bond acceptors (Lipinski definition) is 3. The third-order valence-corrected chi connectivity index (χ3v) is 3.22. The van der Waals surface area contributed by atoms with E-state index in [1.54, 1.807) is 25.1 Å². The number of urea groups is 1. The summed E-state index contributed by atoms with van der Waals surface area (Å²) >= 11 is 5.91. The van der Waals surface area contributed by atoms with Crippen LogP contribution in [0.15, 0.2) is 18.2 Å². The molecule has 0 saturated heterocycles. The molecule has 0 aromatic heterocycles. The van der Waals surface area contributed by atoms with Crippen LogP contribution >= 0.6 is 11.6 Å². The average molecular weight is 315 g/mol. The molecule has 1 aromatic rings. The van der Waals surface area contributed by atoms with E-state index in [-0.39, 0.29) is 11.4 Å². The predicted octanol–water partition coefficient (Wildman–Crippen LogP) is 3.27. The highest BCUT2D eigenvalue weighted by molar-refractivity contribution is 6.31. The molecule has 1 atom stereocenters. The number of methoxy groups -OCH3 is 1. The smallest absolute Gasteiger partial charge is 0.319 e. The Labute approximate surface area is 130 Å². The number of benzene rings is 1. The third kappa shape index (κ3) is 6.23. The molecule has 0 aliphatic heterocycles. The zero-order valence-corrected chi connectivity index (χ0v) is 13.6.